The molecule has 0 saturated heterocycles. The molecule has 1 fully saturated rings. The third-order valence-electron chi connectivity index (χ3n) is 3.23. The summed E-state index contributed by atoms with van der Waals surface area (Å²) in [5.74, 6) is -1.43. The fourth-order valence-electron chi connectivity index (χ4n) is 2.36. The van der Waals surface area contributed by atoms with E-state index in [1.54, 1.807) is 0 Å². The molecule has 0 aromatic rings. The standard InChI is InChI=1S/C13H18O3/c1-3-7-10(4-2)13(16,12(14)15)11-8-5-6-9-11/h3-4,7,11,16H,1-2,5-6,8-9H2,(H,14,15). The molecule has 1 atom stereocenters. The molecule has 1 saturated carbocycles. The van der Waals surface area contributed by atoms with E-state index in [9.17, 15) is 15.0 Å². The van der Waals surface area contributed by atoms with E-state index in [0.717, 1.165) is 25.7 Å². The molecule has 1 rings (SSSR count). The van der Waals surface area contributed by atoms with Crippen molar-refractivity contribution >= 4 is 5.97 Å². The molecule has 0 bridgehead atoms. The number of allylic oxidation sites excluding steroid dienone is 2. The van der Waals surface area contributed by atoms with Gasteiger partial charge in [-0.3, -0.25) is 0 Å². The quantitative estimate of drug-likeness (QED) is 0.702. The minimum absolute atomic E-state index is 0.228. The Hall–Kier alpha value is -1.35. The molecular weight excluding hydrogens is 204 g/mol. The minimum Gasteiger partial charge on any atom is -0.479 e. The van der Waals surface area contributed by atoms with Gasteiger partial charge < -0.3 is 10.2 Å². The van der Waals surface area contributed by atoms with E-state index in [-0.39, 0.29) is 5.92 Å². The van der Waals surface area contributed by atoms with Crippen LogP contribution in [0.4, 0.5) is 0 Å². The summed E-state index contributed by atoms with van der Waals surface area (Å²) in [6.45, 7) is 7.08. The van der Waals surface area contributed by atoms with Gasteiger partial charge in [0.05, 0.1) is 0 Å². The van der Waals surface area contributed by atoms with Crippen LogP contribution in [0.3, 0.4) is 0 Å². The lowest BCUT2D eigenvalue weighted by Gasteiger charge is -2.30. The van der Waals surface area contributed by atoms with Crippen LogP contribution in [0.5, 0.6) is 0 Å². The second kappa shape index (κ2) is 5.12. The van der Waals surface area contributed by atoms with E-state index < -0.39 is 11.6 Å². The maximum absolute atomic E-state index is 11.3. The molecule has 1 aliphatic carbocycles. The highest BCUT2D eigenvalue weighted by Crippen LogP contribution is 2.39. The van der Waals surface area contributed by atoms with E-state index in [1.807, 2.05) is 0 Å². The first kappa shape index (κ1) is 12.7. The van der Waals surface area contributed by atoms with Crippen LogP contribution in [0.2, 0.25) is 0 Å². The Labute approximate surface area is 95.8 Å². The molecular formula is C13H18O3. The van der Waals surface area contributed by atoms with Crippen molar-refractivity contribution in [3.8, 4) is 0 Å². The zero-order chi connectivity index (χ0) is 12.2. The van der Waals surface area contributed by atoms with Gasteiger partial charge in [0, 0.05) is 5.92 Å². The second-order valence-electron chi connectivity index (χ2n) is 4.11. The van der Waals surface area contributed by atoms with Crippen LogP contribution in [0.25, 0.3) is 0 Å². The van der Waals surface area contributed by atoms with E-state index in [2.05, 4.69) is 13.2 Å². The largest absolute Gasteiger partial charge is 0.479 e. The molecule has 2 N–H and O–H groups in total. The lowest BCUT2D eigenvalue weighted by atomic mass is 9.79. The number of hydrogen-bond donors (Lipinski definition) is 2. The highest BCUT2D eigenvalue weighted by molar-refractivity contribution is 5.83. The summed E-state index contributed by atoms with van der Waals surface area (Å²) < 4.78 is 0. The summed E-state index contributed by atoms with van der Waals surface area (Å²) in [7, 11) is 0. The number of carbonyl (C=O) groups is 1. The topological polar surface area (TPSA) is 57.5 Å². The van der Waals surface area contributed by atoms with Gasteiger partial charge in [-0.2, -0.15) is 0 Å². The maximum atomic E-state index is 11.3. The van der Waals surface area contributed by atoms with E-state index in [0.29, 0.717) is 5.57 Å². The summed E-state index contributed by atoms with van der Waals surface area (Å²) in [6, 6.07) is 0. The summed E-state index contributed by atoms with van der Waals surface area (Å²) in [5, 5.41) is 19.6. The third kappa shape index (κ3) is 2.09. The smallest absolute Gasteiger partial charge is 0.340 e. The molecule has 3 heteroatoms. The van der Waals surface area contributed by atoms with Crippen LogP contribution in [-0.2, 0) is 4.79 Å². The van der Waals surface area contributed by atoms with Crippen molar-refractivity contribution in [3.05, 3.63) is 37.0 Å². The first-order chi connectivity index (χ1) is 7.57. The van der Waals surface area contributed by atoms with Gasteiger partial charge in [0.25, 0.3) is 0 Å². The average molecular weight is 222 g/mol. The van der Waals surface area contributed by atoms with Gasteiger partial charge in [-0.15, -0.1) is 0 Å². The van der Waals surface area contributed by atoms with E-state index in [1.165, 1.54) is 18.2 Å². The SMILES string of the molecule is C=CC=C(C=C)C(O)(C(=O)O)C1CCCC1. The van der Waals surface area contributed by atoms with Crippen molar-refractivity contribution in [2.45, 2.75) is 31.3 Å². The summed E-state index contributed by atoms with van der Waals surface area (Å²) >= 11 is 0. The lowest BCUT2D eigenvalue weighted by Crippen LogP contribution is -2.46. The summed E-state index contributed by atoms with van der Waals surface area (Å²) in [6.07, 6.45) is 7.81. The van der Waals surface area contributed by atoms with Gasteiger partial charge in [0.2, 0.25) is 0 Å². The number of carboxylic acid groups (broad SMARTS) is 1. The maximum Gasteiger partial charge on any atom is 0.340 e. The first-order valence-electron chi connectivity index (χ1n) is 5.48. The van der Waals surface area contributed by atoms with Crippen molar-refractivity contribution in [2.24, 2.45) is 5.92 Å². The highest BCUT2D eigenvalue weighted by Gasteiger charge is 2.46. The summed E-state index contributed by atoms with van der Waals surface area (Å²) in [4.78, 5) is 11.3. The molecule has 16 heavy (non-hydrogen) atoms. The Kier molecular flexibility index (Phi) is 4.07. The molecule has 0 spiro atoms. The van der Waals surface area contributed by atoms with Crippen LogP contribution < -0.4 is 0 Å². The number of carboxylic acids is 1. The number of aliphatic carboxylic acids is 1. The molecule has 0 aromatic carbocycles. The van der Waals surface area contributed by atoms with Gasteiger partial charge in [-0.05, 0) is 18.4 Å². The predicted molar refractivity (Wildman–Crippen MR) is 63.0 cm³/mol. The number of aliphatic hydroxyl groups is 1. The minimum atomic E-state index is -1.81. The van der Waals surface area contributed by atoms with Crippen molar-refractivity contribution < 1.29 is 15.0 Å². The zero-order valence-electron chi connectivity index (χ0n) is 9.35. The van der Waals surface area contributed by atoms with Crippen LogP contribution in [0.1, 0.15) is 25.7 Å². The Bertz CT molecular complexity index is 324. The molecule has 1 aliphatic rings. The first-order valence-corrected chi connectivity index (χ1v) is 5.48. The molecule has 1 unspecified atom stereocenters. The normalized spacial score (nSPS) is 21.4. The van der Waals surface area contributed by atoms with E-state index >= 15 is 0 Å². The van der Waals surface area contributed by atoms with Gasteiger partial charge in [0.15, 0.2) is 5.60 Å². The molecule has 0 radical (unpaired) electrons. The van der Waals surface area contributed by atoms with Crippen molar-refractivity contribution in [1.82, 2.24) is 0 Å². The van der Waals surface area contributed by atoms with E-state index in [4.69, 9.17) is 0 Å². The van der Waals surface area contributed by atoms with Gasteiger partial charge in [-0.1, -0.05) is 44.2 Å². The molecule has 0 aliphatic heterocycles. The van der Waals surface area contributed by atoms with Crippen LogP contribution >= 0.6 is 0 Å². The molecule has 88 valence electrons. The Morgan fingerprint density at radius 1 is 1.31 bits per heavy atom. The second-order valence-corrected chi connectivity index (χ2v) is 4.11. The van der Waals surface area contributed by atoms with Crippen molar-refractivity contribution in [3.63, 3.8) is 0 Å². The van der Waals surface area contributed by atoms with Crippen molar-refractivity contribution in [2.75, 3.05) is 0 Å². The zero-order valence-corrected chi connectivity index (χ0v) is 9.35. The number of rotatable bonds is 5. The predicted octanol–water partition coefficient (Wildman–Crippen LogP) is 2.29. The molecule has 3 nitrogen and oxygen atoms in total. The lowest BCUT2D eigenvalue weighted by molar-refractivity contribution is -0.159. The Balaban J connectivity index is 3.12. The Morgan fingerprint density at radius 2 is 1.88 bits per heavy atom. The third-order valence-corrected chi connectivity index (χ3v) is 3.23. The van der Waals surface area contributed by atoms with Gasteiger partial charge in [0.1, 0.15) is 0 Å². The molecule has 0 heterocycles. The summed E-state index contributed by atoms with van der Waals surface area (Å²) in [5.41, 5.74) is -1.49. The van der Waals surface area contributed by atoms with Crippen molar-refractivity contribution in [1.29, 1.82) is 0 Å². The molecule has 0 aromatic heterocycles. The molecule has 0 amide bonds. The average Bonchev–Trinajstić information content (AvgIpc) is 2.78. The van der Waals surface area contributed by atoms with Crippen LogP contribution in [0, 0.1) is 5.92 Å². The monoisotopic (exact) mass is 222 g/mol. The van der Waals surface area contributed by atoms with Gasteiger partial charge in [-0.25, -0.2) is 4.79 Å². The van der Waals surface area contributed by atoms with Gasteiger partial charge >= 0.3 is 5.97 Å². The fraction of sp³-hybridized carbons (Fsp3) is 0.462. The highest BCUT2D eigenvalue weighted by atomic mass is 16.4. The van der Waals surface area contributed by atoms with Crippen LogP contribution in [-0.4, -0.2) is 21.8 Å². The Morgan fingerprint density at radius 3 is 2.25 bits per heavy atom. The number of hydrogen-bond acceptors (Lipinski definition) is 2. The van der Waals surface area contributed by atoms with Crippen LogP contribution in [0.15, 0.2) is 37.0 Å². The fourth-order valence-corrected chi connectivity index (χ4v) is 2.36.